The first-order valence-electron chi connectivity index (χ1n) is 5.34. The van der Waals surface area contributed by atoms with Crippen LogP contribution in [0.2, 0.25) is 18.1 Å². The van der Waals surface area contributed by atoms with Gasteiger partial charge in [0.15, 0.2) is 8.32 Å². The maximum atomic E-state index is 6.16. The Kier molecular flexibility index (Phi) is 7.74. The highest BCUT2D eigenvalue weighted by Gasteiger charge is 2.28. The van der Waals surface area contributed by atoms with Crippen molar-refractivity contribution in [3.05, 3.63) is 0 Å². The number of alkyl halides is 1. The van der Waals surface area contributed by atoms with Crippen molar-refractivity contribution in [3.8, 4) is 0 Å². The molecule has 0 aliphatic heterocycles. The third kappa shape index (κ3) is 4.79. The standard InChI is InChI=1S/C10H23IOSi/c1-5-13(6-2,7-3)12-9-10(4)8-11/h10H,5-9H2,1-4H3/t10-/m0/s1. The summed E-state index contributed by atoms with van der Waals surface area (Å²) < 4.78 is 7.37. The van der Waals surface area contributed by atoms with Crippen LogP contribution in [0.15, 0.2) is 0 Å². The maximum Gasteiger partial charge on any atom is 0.191 e. The summed E-state index contributed by atoms with van der Waals surface area (Å²) in [6.07, 6.45) is 0. The topological polar surface area (TPSA) is 9.23 Å². The highest BCUT2D eigenvalue weighted by atomic mass is 127. The number of halogens is 1. The Bertz CT molecular complexity index is 118. The van der Waals surface area contributed by atoms with Crippen LogP contribution in [0.25, 0.3) is 0 Å². The Hall–Kier alpha value is 0.907. The predicted octanol–water partition coefficient (Wildman–Crippen LogP) is 4.08. The Morgan fingerprint density at radius 3 is 1.92 bits per heavy atom. The first-order chi connectivity index (χ1) is 6.14. The van der Waals surface area contributed by atoms with Gasteiger partial charge in [0.05, 0.1) is 0 Å². The normalized spacial score (nSPS) is 14.5. The zero-order valence-corrected chi connectivity index (χ0v) is 12.6. The van der Waals surface area contributed by atoms with Gasteiger partial charge < -0.3 is 4.43 Å². The Labute approximate surface area is 97.9 Å². The van der Waals surface area contributed by atoms with Crippen molar-refractivity contribution in [2.45, 2.75) is 45.8 Å². The molecule has 0 aromatic heterocycles. The Morgan fingerprint density at radius 1 is 1.15 bits per heavy atom. The summed E-state index contributed by atoms with van der Waals surface area (Å²) in [5, 5.41) is 0. The third-order valence-electron chi connectivity index (χ3n) is 2.87. The first-order valence-corrected chi connectivity index (χ1v) is 9.39. The molecule has 0 N–H and O–H groups in total. The SMILES string of the molecule is CC[Si](CC)(CC)OC[C@@H](C)CI. The fourth-order valence-corrected chi connectivity index (χ4v) is 4.42. The molecule has 0 spiro atoms. The molecule has 1 atom stereocenters. The lowest BCUT2D eigenvalue weighted by atomic mass is 10.2. The fourth-order valence-electron chi connectivity index (χ4n) is 1.42. The molecule has 0 aliphatic rings. The third-order valence-corrected chi connectivity index (χ3v) is 9.02. The lowest BCUT2D eigenvalue weighted by molar-refractivity contribution is 0.259. The van der Waals surface area contributed by atoms with E-state index in [0.29, 0.717) is 0 Å². The van der Waals surface area contributed by atoms with Gasteiger partial charge in [-0.15, -0.1) is 0 Å². The lowest BCUT2D eigenvalue weighted by Gasteiger charge is -2.29. The van der Waals surface area contributed by atoms with Crippen LogP contribution in [-0.4, -0.2) is 19.4 Å². The monoisotopic (exact) mass is 314 g/mol. The average molecular weight is 314 g/mol. The van der Waals surface area contributed by atoms with E-state index in [1.54, 1.807) is 0 Å². The van der Waals surface area contributed by atoms with Crippen LogP contribution in [0.1, 0.15) is 27.7 Å². The zero-order chi connectivity index (χ0) is 10.3. The van der Waals surface area contributed by atoms with E-state index in [0.717, 1.165) is 12.5 Å². The van der Waals surface area contributed by atoms with Crippen molar-refractivity contribution in [2.75, 3.05) is 11.0 Å². The molecule has 0 saturated heterocycles. The molecule has 0 aromatic rings. The summed E-state index contributed by atoms with van der Waals surface area (Å²) >= 11 is 2.44. The molecule has 0 fully saturated rings. The van der Waals surface area contributed by atoms with E-state index in [-0.39, 0.29) is 0 Å². The summed E-state index contributed by atoms with van der Waals surface area (Å²) in [6.45, 7) is 10.1. The molecule has 0 amide bonds. The van der Waals surface area contributed by atoms with E-state index >= 15 is 0 Å². The second-order valence-electron chi connectivity index (χ2n) is 3.81. The van der Waals surface area contributed by atoms with Crippen molar-refractivity contribution in [1.29, 1.82) is 0 Å². The number of hydrogen-bond donors (Lipinski definition) is 0. The lowest BCUT2D eigenvalue weighted by Crippen LogP contribution is -2.37. The fraction of sp³-hybridized carbons (Fsp3) is 1.00. The minimum atomic E-state index is -1.30. The molecule has 0 radical (unpaired) electrons. The van der Waals surface area contributed by atoms with Gasteiger partial charge in [-0.2, -0.15) is 0 Å². The molecule has 0 rings (SSSR count). The minimum Gasteiger partial charge on any atom is -0.417 e. The Morgan fingerprint density at radius 2 is 1.62 bits per heavy atom. The molecule has 0 heterocycles. The molecule has 0 aromatic carbocycles. The minimum absolute atomic E-state index is 0.720. The number of rotatable bonds is 7. The summed E-state index contributed by atoms with van der Waals surface area (Å²) in [5.74, 6) is 0.720. The van der Waals surface area contributed by atoms with Crippen molar-refractivity contribution in [1.82, 2.24) is 0 Å². The van der Waals surface area contributed by atoms with Gasteiger partial charge in [-0.05, 0) is 24.1 Å². The smallest absolute Gasteiger partial charge is 0.191 e. The van der Waals surface area contributed by atoms with Crippen molar-refractivity contribution in [3.63, 3.8) is 0 Å². The van der Waals surface area contributed by atoms with Crippen LogP contribution in [0.4, 0.5) is 0 Å². The highest BCUT2D eigenvalue weighted by molar-refractivity contribution is 14.1. The van der Waals surface area contributed by atoms with Crippen LogP contribution in [0, 0.1) is 5.92 Å². The molecular weight excluding hydrogens is 291 g/mol. The molecular formula is C10H23IOSi. The quantitative estimate of drug-likeness (QED) is 0.391. The first kappa shape index (κ1) is 13.9. The second-order valence-corrected chi connectivity index (χ2v) is 9.47. The molecule has 3 heteroatoms. The predicted molar refractivity (Wildman–Crippen MR) is 71.2 cm³/mol. The van der Waals surface area contributed by atoms with E-state index in [4.69, 9.17) is 4.43 Å². The van der Waals surface area contributed by atoms with E-state index < -0.39 is 8.32 Å². The van der Waals surface area contributed by atoms with Crippen LogP contribution < -0.4 is 0 Å². The summed E-state index contributed by atoms with van der Waals surface area (Å²) in [7, 11) is -1.30. The molecule has 1 nitrogen and oxygen atoms in total. The van der Waals surface area contributed by atoms with Gasteiger partial charge in [-0.25, -0.2) is 0 Å². The summed E-state index contributed by atoms with van der Waals surface area (Å²) in [5.41, 5.74) is 0. The van der Waals surface area contributed by atoms with Crippen LogP contribution in [0.5, 0.6) is 0 Å². The molecule has 0 unspecified atom stereocenters. The van der Waals surface area contributed by atoms with Crippen molar-refractivity contribution in [2.24, 2.45) is 5.92 Å². The van der Waals surface area contributed by atoms with Gasteiger partial charge in [0.2, 0.25) is 0 Å². The Balaban J connectivity index is 3.95. The number of hydrogen-bond acceptors (Lipinski definition) is 1. The van der Waals surface area contributed by atoms with Gasteiger partial charge in [-0.3, -0.25) is 0 Å². The summed E-state index contributed by atoms with van der Waals surface area (Å²) in [4.78, 5) is 0. The largest absolute Gasteiger partial charge is 0.417 e. The average Bonchev–Trinajstić information content (AvgIpc) is 2.20. The highest BCUT2D eigenvalue weighted by Crippen LogP contribution is 2.22. The van der Waals surface area contributed by atoms with Crippen LogP contribution >= 0.6 is 22.6 Å². The van der Waals surface area contributed by atoms with Gasteiger partial charge in [-0.1, -0.05) is 50.3 Å². The van der Waals surface area contributed by atoms with E-state index in [9.17, 15) is 0 Å². The molecule has 0 saturated carbocycles. The van der Waals surface area contributed by atoms with Crippen molar-refractivity contribution < 1.29 is 4.43 Å². The van der Waals surface area contributed by atoms with Gasteiger partial charge >= 0.3 is 0 Å². The van der Waals surface area contributed by atoms with Crippen LogP contribution in [-0.2, 0) is 4.43 Å². The van der Waals surface area contributed by atoms with E-state index in [2.05, 4.69) is 50.3 Å². The maximum absolute atomic E-state index is 6.16. The molecule has 0 bridgehead atoms. The van der Waals surface area contributed by atoms with Crippen LogP contribution in [0.3, 0.4) is 0 Å². The second kappa shape index (κ2) is 7.23. The molecule has 80 valence electrons. The van der Waals surface area contributed by atoms with E-state index in [1.807, 2.05) is 0 Å². The van der Waals surface area contributed by atoms with Gasteiger partial charge in [0, 0.05) is 11.0 Å². The van der Waals surface area contributed by atoms with Gasteiger partial charge in [0.1, 0.15) is 0 Å². The zero-order valence-electron chi connectivity index (χ0n) is 9.40. The summed E-state index contributed by atoms with van der Waals surface area (Å²) in [6, 6.07) is 3.82. The van der Waals surface area contributed by atoms with Crippen molar-refractivity contribution >= 4 is 30.9 Å². The van der Waals surface area contributed by atoms with Gasteiger partial charge in [0.25, 0.3) is 0 Å². The molecule has 0 aliphatic carbocycles. The van der Waals surface area contributed by atoms with E-state index in [1.165, 1.54) is 22.6 Å². The molecule has 13 heavy (non-hydrogen) atoms.